The molecule has 0 bridgehead atoms. The summed E-state index contributed by atoms with van der Waals surface area (Å²) in [6, 6.07) is 9.07. The van der Waals surface area contributed by atoms with Gasteiger partial charge in [0.05, 0.1) is 18.0 Å². The summed E-state index contributed by atoms with van der Waals surface area (Å²) in [5.74, 6) is -0.203. The monoisotopic (exact) mass is 455 g/mol. The summed E-state index contributed by atoms with van der Waals surface area (Å²) < 4.78 is 5.73. The number of carbonyl (C=O) groups is 1. The van der Waals surface area contributed by atoms with Gasteiger partial charge in [0.2, 0.25) is 0 Å². The molecule has 0 aliphatic carbocycles. The molecule has 4 N–H and O–H groups in total. The van der Waals surface area contributed by atoms with Crippen molar-refractivity contribution in [1.82, 2.24) is 5.32 Å². The van der Waals surface area contributed by atoms with Crippen LogP contribution in [0.1, 0.15) is 24.0 Å². The largest absolute Gasteiger partial charge is 0.493 e. The van der Waals surface area contributed by atoms with Crippen LogP contribution in [-0.4, -0.2) is 29.8 Å². The molecule has 0 aromatic heterocycles. The van der Waals surface area contributed by atoms with E-state index in [-0.39, 0.29) is 6.42 Å². The molecule has 0 spiro atoms. The third kappa shape index (κ3) is 7.27. The summed E-state index contributed by atoms with van der Waals surface area (Å²) in [5, 5.41) is 19.8. The van der Waals surface area contributed by atoms with Gasteiger partial charge in [0.1, 0.15) is 5.75 Å². The van der Waals surface area contributed by atoms with Crippen LogP contribution in [0.15, 0.2) is 30.3 Å². The van der Waals surface area contributed by atoms with E-state index >= 15 is 0 Å². The van der Waals surface area contributed by atoms with Gasteiger partial charge in [-0.15, -0.1) is 0 Å². The number of aryl methyl sites for hydroxylation is 1. The Morgan fingerprint density at radius 2 is 2.00 bits per heavy atom. The second-order valence-electron chi connectivity index (χ2n) is 6.30. The highest BCUT2D eigenvalue weighted by atomic mass is 35.5. The molecule has 0 saturated heterocycles. The molecule has 0 heterocycles. The summed E-state index contributed by atoms with van der Waals surface area (Å²) in [7, 11) is 1.74. The Morgan fingerprint density at radius 1 is 1.24 bits per heavy atom. The van der Waals surface area contributed by atoms with E-state index in [1.807, 2.05) is 25.1 Å². The number of carboxylic acid groups (broad SMARTS) is 1. The number of anilines is 2. The fourth-order valence-electron chi connectivity index (χ4n) is 2.59. The number of hydrogen-bond acceptors (Lipinski definition) is 4. The highest BCUT2D eigenvalue weighted by molar-refractivity contribution is 7.80. The van der Waals surface area contributed by atoms with Crippen molar-refractivity contribution in [2.45, 2.75) is 26.3 Å². The average Bonchev–Trinajstić information content (AvgIpc) is 2.66. The molecule has 2 aromatic carbocycles. The molecule has 2 rings (SSSR count). The van der Waals surface area contributed by atoms with Crippen LogP contribution in [0.2, 0.25) is 10.0 Å². The zero-order valence-corrected chi connectivity index (χ0v) is 18.5. The van der Waals surface area contributed by atoms with Crippen LogP contribution < -0.4 is 20.7 Å². The molecule has 9 heteroatoms. The summed E-state index contributed by atoms with van der Waals surface area (Å²) in [6.45, 7) is 2.72. The Bertz CT molecular complexity index is 894. The van der Waals surface area contributed by atoms with Gasteiger partial charge in [-0.2, -0.15) is 0 Å². The van der Waals surface area contributed by atoms with Crippen molar-refractivity contribution in [3.05, 3.63) is 51.5 Å². The SMILES string of the molecule is CNC(=S)Nc1c(C)cc(OCCCC(=O)O)cc1NCc1ccc(Cl)cc1Cl. The van der Waals surface area contributed by atoms with Gasteiger partial charge in [-0.25, -0.2) is 0 Å². The zero-order chi connectivity index (χ0) is 21.4. The topological polar surface area (TPSA) is 82.6 Å². The molecule has 0 unspecified atom stereocenters. The van der Waals surface area contributed by atoms with Gasteiger partial charge >= 0.3 is 5.97 Å². The van der Waals surface area contributed by atoms with Gasteiger partial charge in [-0.3, -0.25) is 4.79 Å². The summed E-state index contributed by atoms with van der Waals surface area (Å²) in [4.78, 5) is 10.7. The molecular weight excluding hydrogens is 433 g/mol. The van der Waals surface area contributed by atoms with Crippen LogP contribution >= 0.6 is 35.4 Å². The van der Waals surface area contributed by atoms with E-state index in [1.54, 1.807) is 19.2 Å². The van der Waals surface area contributed by atoms with Crippen molar-refractivity contribution in [1.29, 1.82) is 0 Å². The molecule has 156 valence electrons. The lowest BCUT2D eigenvalue weighted by molar-refractivity contribution is -0.137. The summed E-state index contributed by atoms with van der Waals surface area (Å²) in [5.41, 5.74) is 3.40. The molecule has 0 saturated carbocycles. The number of halogens is 2. The second kappa shape index (κ2) is 11.1. The maximum absolute atomic E-state index is 10.7. The van der Waals surface area contributed by atoms with Crippen LogP contribution in [0.4, 0.5) is 11.4 Å². The third-order valence-corrected chi connectivity index (χ3v) is 4.96. The number of aliphatic carboxylic acids is 1. The minimum absolute atomic E-state index is 0.0647. The summed E-state index contributed by atoms with van der Waals surface area (Å²) in [6.07, 6.45) is 0.497. The van der Waals surface area contributed by atoms with Gasteiger partial charge in [-0.05, 0) is 54.9 Å². The normalized spacial score (nSPS) is 10.3. The molecule has 0 atom stereocenters. The predicted octanol–water partition coefficient (Wildman–Crippen LogP) is 5.07. The van der Waals surface area contributed by atoms with E-state index in [4.69, 9.17) is 45.3 Å². The molecule has 0 aliphatic rings. The molecule has 0 aliphatic heterocycles. The number of carboxylic acids is 1. The first-order chi connectivity index (χ1) is 13.8. The molecule has 29 heavy (non-hydrogen) atoms. The summed E-state index contributed by atoms with van der Waals surface area (Å²) >= 11 is 17.5. The molecule has 0 radical (unpaired) electrons. The maximum Gasteiger partial charge on any atom is 0.303 e. The van der Waals surface area contributed by atoms with Gasteiger partial charge < -0.3 is 25.8 Å². The van der Waals surface area contributed by atoms with E-state index in [0.717, 1.165) is 22.5 Å². The zero-order valence-electron chi connectivity index (χ0n) is 16.1. The number of nitrogens with one attached hydrogen (secondary N) is 3. The van der Waals surface area contributed by atoms with Gasteiger partial charge in [0, 0.05) is 36.1 Å². The maximum atomic E-state index is 10.7. The lowest BCUT2D eigenvalue weighted by Gasteiger charge is -2.19. The Balaban J connectivity index is 2.21. The second-order valence-corrected chi connectivity index (χ2v) is 7.55. The fraction of sp³-hybridized carbons (Fsp3) is 0.300. The van der Waals surface area contributed by atoms with Gasteiger partial charge in [0.15, 0.2) is 5.11 Å². The number of hydrogen-bond donors (Lipinski definition) is 4. The van der Waals surface area contributed by atoms with E-state index in [2.05, 4.69) is 16.0 Å². The fourth-order valence-corrected chi connectivity index (χ4v) is 3.17. The van der Waals surface area contributed by atoms with Gasteiger partial charge in [0.25, 0.3) is 0 Å². The quantitative estimate of drug-likeness (QED) is 0.310. The van der Waals surface area contributed by atoms with E-state index in [1.165, 1.54) is 0 Å². The van der Waals surface area contributed by atoms with E-state index in [9.17, 15) is 4.79 Å². The van der Waals surface area contributed by atoms with Crippen molar-refractivity contribution >= 4 is 57.9 Å². The van der Waals surface area contributed by atoms with Crippen molar-refractivity contribution in [3.63, 3.8) is 0 Å². The number of ether oxygens (including phenoxy) is 1. The predicted molar refractivity (Wildman–Crippen MR) is 123 cm³/mol. The molecule has 0 fully saturated rings. The van der Waals surface area contributed by atoms with Crippen molar-refractivity contribution in [3.8, 4) is 5.75 Å². The van der Waals surface area contributed by atoms with Crippen molar-refractivity contribution in [2.75, 3.05) is 24.3 Å². The first kappa shape index (κ1) is 23.1. The minimum atomic E-state index is -0.841. The Morgan fingerprint density at radius 3 is 2.66 bits per heavy atom. The third-order valence-electron chi connectivity index (χ3n) is 4.06. The Kier molecular flexibility index (Phi) is 8.82. The molecular formula is C20H23Cl2N3O3S. The Labute approximate surface area is 185 Å². The number of rotatable bonds is 9. The smallest absolute Gasteiger partial charge is 0.303 e. The minimum Gasteiger partial charge on any atom is -0.493 e. The van der Waals surface area contributed by atoms with Crippen molar-refractivity contribution < 1.29 is 14.6 Å². The Hall–Kier alpha value is -2.22. The number of benzene rings is 2. The standard InChI is InChI=1S/C20H23Cl2N3O3S/c1-12-8-15(28-7-3-4-18(26)27)10-17(19(12)25-20(29)23-2)24-11-13-5-6-14(21)9-16(13)22/h5-6,8-10,24H,3-4,7,11H2,1-2H3,(H,26,27)(H2,23,25,29). The molecule has 6 nitrogen and oxygen atoms in total. The number of thiocarbonyl (C=S) groups is 1. The average molecular weight is 456 g/mol. The van der Waals surface area contributed by atoms with Crippen LogP contribution in [0.25, 0.3) is 0 Å². The van der Waals surface area contributed by atoms with Crippen LogP contribution in [0.5, 0.6) is 5.75 Å². The van der Waals surface area contributed by atoms with E-state index in [0.29, 0.717) is 40.5 Å². The first-order valence-corrected chi connectivity index (χ1v) is 10.1. The van der Waals surface area contributed by atoms with Crippen LogP contribution in [0, 0.1) is 6.92 Å². The van der Waals surface area contributed by atoms with E-state index < -0.39 is 5.97 Å². The molecule has 2 aromatic rings. The highest BCUT2D eigenvalue weighted by Crippen LogP contribution is 2.32. The lowest BCUT2D eigenvalue weighted by atomic mass is 10.1. The first-order valence-electron chi connectivity index (χ1n) is 8.96. The van der Waals surface area contributed by atoms with Gasteiger partial charge in [-0.1, -0.05) is 29.3 Å². The highest BCUT2D eigenvalue weighted by Gasteiger charge is 2.12. The lowest BCUT2D eigenvalue weighted by Crippen LogP contribution is -2.25. The van der Waals surface area contributed by atoms with Crippen molar-refractivity contribution in [2.24, 2.45) is 0 Å². The molecule has 0 amide bonds. The van der Waals surface area contributed by atoms with Crippen LogP contribution in [-0.2, 0) is 11.3 Å². The van der Waals surface area contributed by atoms with Crippen LogP contribution in [0.3, 0.4) is 0 Å².